The molecule has 0 aliphatic carbocycles. The first-order valence-electron chi connectivity index (χ1n) is 10.1. The highest BCUT2D eigenvalue weighted by Crippen LogP contribution is 2.38. The minimum atomic E-state index is -0.375. The molecule has 9 heteroatoms. The van der Waals surface area contributed by atoms with E-state index in [1.54, 1.807) is 60.8 Å². The number of benzene rings is 2. The van der Waals surface area contributed by atoms with Crippen LogP contribution in [0, 0.1) is 0 Å². The molecule has 0 fully saturated rings. The van der Waals surface area contributed by atoms with Crippen molar-refractivity contribution in [3.63, 3.8) is 0 Å². The van der Waals surface area contributed by atoms with Crippen molar-refractivity contribution in [1.29, 1.82) is 0 Å². The summed E-state index contributed by atoms with van der Waals surface area (Å²) in [7, 11) is 4.57. The first-order valence-corrected chi connectivity index (χ1v) is 10.5. The number of ether oxygens (including phenoxy) is 3. The predicted octanol–water partition coefficient (Wildman–Crippen LogP) is 5.00. The number of nitrogens with zero attached hydrogens (tertiary/aromatic N) is 1. The average molecular weight is 481 g/mol. The van der Waals surface area contributed by atoms with E-state index in [0.717, 1.165) is 0 Å². The summed E-state index contributed by atoms with van der Waals surface area (Å²) in [6.45, 7) is 0. The molecule has 2 aromatic heterocycles. The number of carbonyl (C=O) groups excluding carboxylic acids is 1. The molecule has 4 rings (SSSR count). The molecule has 8 nitrogen and oxygen atoms in total. The number of aromatic amines is 1. The van der Waals surface area contributed by atoms with Crippen LogP contribution in [-0.2, 0) is 0 Å². The van der Waals surface area contributed by atoms with Crippen LogP contribution < -0.4 is 19.9 Å². The van der Waals surface area contributed by atoms with Crippen LogP contribution in [0.4, 0.5) is 0 Å². The van der Waals surface area contributed by atoms with Crippen molar-refractivity contribution < 1.29 is 23.4 Å². The Hall–Kier alpha value is -4.17. The van der Waals surface area contributed by atoms with Crippen LogP contribution in [0.25, 0.3) is 23.2 Å². The summed E-state index contributed by atoms with van der Waals surface area (Å²) in [6, 6.07) is 13.5. The Balaban J connectivity index is 1.60. The third kappa shape index (κ3) is 4.62. The molecule has 1 N–H and O–H groups in total. The molecule has 0 aliphatic heterocycles. The highest BCUT2D eigenvalue weighted by molar-refractivity contribution is 6.29. The van der Waals surface area contributed by atoms with Gasteiger partial charge in [0.15, 0.2) is 28.3 Å². The highest BCUT2D eigenvalue weighted by atomic mass is 35.5. The molecular weight excluding hydrogens is 460 g/mol. The second-order valence-electron chi connectivity index (χ2n) is 7.15. The van der Waals surface area contributed by atoms with Crippen LogP contribution in [0.1, 0.15) is 15.9 Å². The summed E-state index contributed by atoms with van der Waals surface area (Å²) in [6.07, 6.45) is 4.68. The van der Waals surface area contributed by atoms with Crippen molar-refractivity contribution in [2.45, 2.75) is 0 Å². The molecule has 0 spiro atoms. The van der Waals surface area contributed by atoms with E-state index in [-0.39, 0.29) is 16.7 Å². The van der Waals surface area contributed by atoms with E-state index >= 15 is 0 Å². The molecule has 0 radical (unpaired) electrons. The SMILES string of the molecule is COc1cc(C=CC(=O)c2cccc(-n3cc(-c4ccc(Cl)o4)[nH]c3=O)c2)cc(OC)c1OC. The monoisotopic (exact) mass is 480 g/mol. The van der Waals surface area contributed by atoms with Crippen molar-refractivity contribution in [1.82, 2.24) is 9.55 Å². The summed E-state index contributed by atoms with van der Waals surface area (Å²) >= 11 is 5.82. The Labute approximate surface area is 200 Å². The topological polar surface area (TPSA) is 95.7 Å². The third-order valence-corrected chi connectivity index (χ3v) is 5.28. The maximum atomic E-state index is 12.8. The zero-order valence-electron chi connectivity index (χ0n) is 18.6. The zero-order valence-corrected chi connectivity index (χ0v) is 19.4. The number of rotatable bonds is 8. The number of furan rings is 1. The quantitative estimate of drug-likeness (QED) is 0.281. The van der Waals surface area contributed by atoms with Crippen molar-refractivity contribution in [3.8, 4) is 34.4 Å². The third-order valence-electron chi connectivity index (χ3n) is 5.08. The standard InChI is InChI=1S/C25H21ClN2O6/c1-31-21-11-15(12-22(32-2)24(21)33-3)7-8-19(29)16-5-4-6-17(13-16)28-14-18(27-25(28)30)20-9-10-23(26)34-20/h4-14H,1-3H3,(H,27,30). The fraction of sp³-hybridized carbons (Fsp3) is 0.120. The maximum absolute atomic E-state index is 12.8. The molecule has 0 saturated heterocycles. The lowest BCUT2D eigenvalue weighted by atomic mass is 10.1. The number of carbonyl (C=O) groups is 1. The molecule has 0 atom stereocenters. The van der Waals surface area contributed by atoms with E-state index in [2.05, 4.69) is 4.98 Å². The largest absolute Gasteiger partial charge is 0.493 e. The van der Waals surface area contributed by atoms with Gasteiger partial charge in [-0.15, -0.1) is 0 Å². The van der Waals surface area contributed by atoms with Gasteiger partial charge in [-0.2, -0.15) is 0 Å². The van der Waals surface area contributed by atoms with Crippen LogP contribution >= 0.6 is 11.6 Å². The number of imidazole rings is 1. The number of hydrogen-bond acceptors (Lipinski definition) is 6. The Morgan fingerprint density at radius 3 is 2.38 bits per heavy atom. The van der Waals surface area contributed by atoms with E-state index in [9.17, 15) is 9.59 Å². The molecule has 0 unspecified atom stereocenters. The van der Waals surface area contributed by atoms with Gasteiger partial charge < -0.3 is 23.6 Å². The summed E-state index contributed by atoms with van der Waals surface area (Å²) in [5.74, 6) is 1.63. The lowest BCUT2D eigenvalue weighted by molar-refractivity contribution is 0.104. The lowest BCUT2D eigenvalue weighted by Crippen LogP contribution is -2.14. The number of H-pyrrole nitrogens is 1. The van der Waals surface area contributed by atoms with Crippen molar-refractivity contribution in [2.24, 2.45) is 0 Å². The number of ketones is 1. The number of aromatic nitrogens is 2. The Morgan fingerprint density at radius 1 is 1.03 bits per heavy atom. The van der Waals surface area contributed by atoms with Crippen molar-refractivity contribution >= 4 is 23.5 Å². The Morgan fingerprint density at radius 2 is 1.76 bits per heavy atom. The minimum absolute atomic E-state index is 0.218. The highest BCUT2D eigenvalue weighted by Gasteiger charge is 2.14. The van der Waals surface area contributed by atoms with Crippen LogP contribution in [0.5, 0.6) is 17.2 Å². The Bertz CT molecular complexity index is 1400. The van der Waals surface area contributed by atoms with Crippen LogP contribution in [0.3, 0.4) is 0 Å². The first kappa shape index (κ1) is 23.0. The first-order chi connectivity index (χ1) is 16.4. The van der Waals surface area contributed by atoms with Gasteiger partial charge in [0, 0.05) is 11.8 Å². The second-order valence-corrected chi connectivity index (χ2v) is 7.53. The molecule has 0 aliphatic rings. The molecule has 34 heavy (non-hydrogen) atoms. The van der Waals surface area contributed by atoms with Crippen LogP contribution in [0.2, 0.25) is 5.22 Å². The molecule has 2 heterocycles. The van der Waals surface area contributed by atoms with Crippen molar-refractivity contribution in [3.05, 3.63) is 87.6 Å². The Kier molecular flexibility index (Phi) is 6.60. The number of halogens is 1. The summed E-state index contributed by atoms with van der Waals surface area (Å²) in [4.78, 5) is 28.1. The van der Waals surface area contributed by atoms with E-state index in [4.69, 9.17) is 30.2 Å². The molecule has 174 valence electrons. The van der Waals surface area contributed by atoms with Crippen molar-refractivity contribution in [2.75, 3.05) is 21.3 Å². The summed E-state index contributed by atoms with van der Waals surface area (Å²) in [5.41, 5.74) is 1.73. The number of nitrogens with one attached hydrogen (secondary N) is 1. The van der Waals surface area contributed by atoms with E-state index in [0.29, 0.717) is 45.5 Å². The van der Waals surface area contributed by atoms with Gasteiger partial charge in [-0.25, -0.2) is 4.79 Å². The van der Waals surface area contributed by atoms with Gasteiger partial charge in [0.1, 0.15) is 5.69 Å². The van der Waals surface area contributed by atoms with E-state index in [1.165, 1.54) is 32.0 Å². The maximum Gasteiger partial charge on any atom is 0.330 e. The van der Waals surface area contributed by atoms with Gasteiger partial charge in [0.05, 0.1) is 27.0 Å². The smallest absolute Gasteiger partial charge is 0.330 e. The van der Waals surface area contributed by atoms with Crippen LogP contribution in [-0.4, -0.2) is 36.7 Å². The minimum Gasteiger partial charge on any atom is -0.493 e. The number of methoxy groups -OCH3 is 3. The molecular formula is C25H21ClN2O6. The second kappa shape index (κ2) is 9.76. The zero-order chi connectivity index (χ0) is 24.2. The average Bonchev–Trinajstić information content (AvgIpc) is 3.47. The predicted molar refractivity (Wildman–Crippen MR) is 129 cm³/mol. The number of allylic oxidation sites excluding steroid dienone is 1. The summed E-state index contributed by atoms with van der Waals surface area (Å²) < 4.78 is 22.8. The lowest BCUT2D eigenvalue weighted by Gasteiger charge is -2.12. The van der Waals surface area contributed by atoms with Gasteiger partial charge >= 0.3 is 5.69 Å². The van der Waals surface area contributed by atoms with Gasteiger partial charge in [0.25, 0.3) is 0 Å². The fourth-order valence-corrected chi connectivity index (χ4v) is 3.59. The van der Waals surface area contributed by atoms with E-state index < -0.39 is 0 Å². The van der Waals surface area contributed by atoms with E-state index in [1.807, 2.05) is 0 Å². The van der Waals surface area contributed by atoms with Gasteiger partial charge in [-0.3, -0.25) is 9.36 Å². The molecule has 0 saturated carbocycles. The summed E-state index contributed by atoms with van der Waals surface area (Å²) in [5, 5.41) is 0.218. The molecule has 2 aromatic carbocycles. The number of hydrogen-bond donors (Lipinski definition) is 1. The molecule has 0 amide bonds. The van der Waals surface area contributed by atoms with Crippen LogP contribution in [0.15, 0.2) is 70.0 Å². The van der Waals surface area contributed by atoms with Gasteiger partial charge in [0.2, 0.25) is 5.75 Å². The molecule has 0 bridgehead atoms. The molecule has 4 aromatic rings. The van der Waals surface area contributed by atoms with Gasteiger partial charge in [-0.1, -0.05) is 18.2 Å². The normalized spacial score (nSPS) is 11.1. The van der Waals surface area contributed by atoms with Gasteiger partial charge in [-0.05, 0) is 59.6 Å². The fourth-order valence-electron chi connectivity index (χ4n) is 3.45.